The van der Waals surface area contributed by atoms with Gasteiger partial charge in [-0.25, -0.2) is 14.4 Å². The fraction of sp³-hybridized carbons (Fsp3) is 0.294. The molecule has 0 N–H and O–H groups in total. The number of hydrogen-bond acceptors (Lipinski definition) is 3. The Labute approximate surface area is 140 Å². The predicted octanol–water partition coefficient (Wildman–Crippen LogP) is 3.96. The Morgan fingerprint density at radius 1 is 1.16 bits per heavy atom. The van der Waals surface area contributed by atoms with E-state index in [1.54, 1.807) is 4.90 Å². The van der Waals surface area contributed by atoms with Crippen LogP contribution in [0, 0.1) is 12.7 Å². The van der Waals surface area contributed by atoms with Gasteiger partial charge in [-0.15, -0.1) is 0 Å². The second-order valence-corrected chi connectivity index (χ2v) is 6.10. The summed E-state index contributed by atoms with van der Waals surface area (Å²) in [5, 5.41) is 0. The van der Waals surface area contributed by atoms with Gasteiger partial charge in [0.25, 0.3) is 0 Å². The minimum Gasteiger partial charge on any atom is -0.350 e. The molecule has 1 fully saturated rings. The van der Waals surface area contributed by atoms with E-state index in [0.29, 0.717) is 25.4 Å². The van der Waals surface area contributed by atoms with Crippen molar-refractivity contribution in [3.63, 3.8) is 0 Å². The second kappa shape index (κ2) is 5.44. The summed E-state index contributed by atoms with van der Waals surface area (Å²) in [5.41, 5.74) is 0.796. The number of imidazole rings is 1. The van der Waals surface area contributed by atoms with Crippen molar-refractivity contribution in [3.05, 3.63) is 53.7 Å². The van der Waals surface area contributed by atoms with E-state index in [1.807, 2.05) is 31.2 Å². The van der Waals surface area contributed by atoms with Gasteiger partial charge in [-0.05, 0) is 25.1 Å². The predicted molar refractivity (Wildman–Crippen MR) is 84.9 cm³/mol. The first-order valence-electron chi connectivity index (χ1n) is 7.76. The maximum atomic E-state index is 14.0. The van der Waals surface area contributed by atoms with Crippen LogP contribution in [-0.4, -0.2) is 27.6 Å². The van der Waals surface area contributed by atoms with E-state index in [0.717, 1.165) is 16.9 Å². The van der Waals surface area contributed by atoms with Gasteiger partial charge < -0.3 is 9.47 Å². The Kier molecular flexibility index (Phi) is 3.45. The number of fused-ring (bicyclic) bond motifs is 1. The average molecular weight is 350 g/mol. The van der Waals surface area contributed by atoms with Crippen molar-refractivity contribution in [2.75, 3.05) is 18.0 Å². The number of aromatic nitrogens is 3. The summed E-state index contributed by atoms with van der Waals surface area (Å²) in [7, 11) is 0. The van der Waals surface area contributed by atoms with Gasteiger partial charge in [0.1, 0.15) is 5.82 Å². The normalized spacial score (nSPS) is 15.6. The van der Waals surface area contributed by atoms with Gasteiger partial charge in [0.05, 0.1) is 22.6 Å². The molecule has 2 aromatic heterocycles. The van der Waals surface area contributed by atoms with Crippen LogP contribution in [0.2, 0.25) is 0 Å². The molecular formula is C17H14F4N4. The standard InChI is InChI=1S/C17H14F4N4/c1-10-23-14-4-2-3-5-15(14)25(10)12-8-24(9-12)16-13(18)6-11(7-22-16)17(19,20)21/h2-7,12H,8-9H2,1H3. The lowest BCUT2D eigenvalue weighted by Crippen LogP contribution is -2.48. The number of nitrogens with zero attached hydrogens (tertiary/aromatic N) is 4. The van der Waals surface area contributed by atoms with E-state index in [2.05, 4.69) is 14.5 Å². The van der Waals surface area contributed by atoms with Crippen molar-refractivity contribution in [2.24, 2.45) is 0 Å². The lowest BCUT2D eigenvalue weighted by molar-refractivity contribution is -0.138. The van der Waals surface area contributed by atoms with Crippen LogP contribution in [0.25, 0.3) is 11.0 Å². The maximum Gasteiger partial charge on any atom is 0.417 e. The Balaban J connectivity index is 1.57. The number of alkyl halides is 3. The van der Waals surface area contributed by atoms with E-state index in [9.17, 15) is 17.6 Å². The number of benzene rings is 1. The maximum absolute atomic E-state index is 14.0. The lowest BCUT2D eigenvalue weighted by Gasteiger charge is -2.41. The molecule has 0 amide bonds. The Morgan fingerprint density at radius 2 is 1.88 bits per heavy atom. The van der Waals surface area contributed by atoms with Crippen molar-refractivity contribution in [1.29, 1.82) is 0 Å². The van der Waals surface area contributed by atoms with Crippen molar-refractivity contribution < 1.29 is 17.6 Å². The number of hydrogen-bond donors (Lipinski definition) is 0. The molecule has 0 unspecified atom stereocenters. The van der Waals surface area contributed by atoms with Gasteiger partial charge in [0.2, 0.25) is 0 Å². The van der Waals surface area contributed by atoms with Crippen LogP contribution in [0.5, 0.6) is 0 Å². The summed E-state index contributed by atoms with van der Waals surface area (Å²) in [5.74, 6) is -0.154. The minimum absolute atomic E-state index is 0.0497. The van der Waals surface area contributed by atoms with Gasteiger partial charge in [0, 0.05) is 19.3 Å². The highest BCUT2D eigenvalue weighted by atomic mass is 19.4. The van der Waals surface area contributed by atoms with E-state index >= 15 is 0 Å². The summed E-state index contributed by atoms with van der Waals surface area (Å²) in [4.78, 5) is 9.81. The SMILES string of the molecule is Cc1nc2ccccc2n1C1CN(c2ncc(C(F)(F)F)cc2F)C1. The molecule has 0 atom stereocenters. The van der Waals surface area contributed by atoms with Crippen LogP contribution < -0.4 is 4.90 Å². The molecule has 1 aromatic carbocycles. The third kappa shape index (κ3) is 2.61. The third-order valence-corrected chi connectivity index (χ3v) is 4.45. The number of para-hydroxylation sites is 2. The average Bonchev–Trinajstić information content (AvgIpc) is 2.83. The molecule has 1 saturated heterocycles. The smallest absolute Gasteiger partial charge is 0.350 e. The third-order valence-electron chi connectivity index (χ3n) is 4.45. The van der Waals surface area contributed by atoms with E-state index in [4.69, 9.17) is 0 Å². The Hall–Kier alpha value is -2.64. The van der Waals surface area contributed by atoms with Crippen molar-refractivity contribution >= 4 is 16.9 Å². The summed E-state index contributed by atoms with van der Waals surface area (Å²) >= 11 is 0. The van der Waals surface area contributed by atoms with Gasteiger partial charge in [-0.2, -0.15) is 13.2 Å². The van der Waals surface area contributed by atoms with Crippen LogP contribution in [0.1, 0.15) is 17.4 Å². The fourth-order valence-electron chi connectivity index (χ4n) is 3.24. The molecular weight excluding hydrogens is 336 g/mol. The summed E-state index contributed by atoms with van der Waals surface area (Å²) in [6, 6.07) is 8.30. The molecule has 1 aliphatic rings. The monoisotopic (exact) mass is 350 g/mol. The molecule has 4 nitrogen and oxygen atoms in total. The first-order chi connectivity index (χ1) is 11.8. The highest BCUT2D eigenvalue weighted by Gasteiger charge is 2.35. The zero-order valence-electron chi connectivity index (χ0n) is 13.3. The molecule has 0 spiro atoms. The lowest BCUT2D eigenvalue weighted by atomic mass is 10.1. The molecule has 0 aliphatic carbocycles. The summed E-state index contributed by atoms with van der Waals surface area (Å²) in [6.07, 6.45) is -3.93. The second-order valence-electron chi connectivity index (χ2n) is 6.10. The zero-order valence-corrected chi connectivity index (χ0v) is 13.3. The quantitative estimate of drug-likeness (QED) is 0.656. The van der Waals surface area contributed by atoms with Crippen LogP contribution in [0.3, 0.4) is 0 Å². The first-order valence-corrected chi connectivity index (χ1v) is 7.76. The van der Waals surface area contributed by atoms with Gasteiger partial charge in [0.15, 0.2) is 11.6 Å². The van der Waals surface area contributed by atoms with E-state index in [1.165, 1.54) is 0 Å². The minimum atomic E-state index is -4.60. The molecule has 3 aromatic rings. The largest absolute Gasteiger partial charge is 0.417 e. The zero-order chi connectivity index (χ0) is 17.8. The van der Waals surface area contributed by atoms with Crippen molar-refractivity contribution in [3.8, 4) is 0 Å². The van der Waals surface area contributed by atoms with Crippen LogP contribution in [0.4, 0.5) is 23.4 Å². The van der Waals surface area contributed by atoms with Gasteiger partial charge in [-0.1, -0.05) is 12.1 Å². The number of pyridine rings is 1. The first kappa shape index (κ1) is 15.9. The molecule has 0 radical (unpaired) electrons. The highest BCUT2D eigenvalue weighted by molar-refractivity contribution is 5.76. The molecule has 0 saturated carbocycles. The van der Waals surface area contributed by atoms with Crippen LogP contribution in [-0.2, 0) is 6.18 Å². The molecule has 130 valence electrons. The van der Waals surface area contributed by atoms with Gasteiger partial charge >= 0.3 is 6.18 Å². The number of rotatable bonds is 2. The Morgan fingerprint density at radius 3 is 2.56 bits per heavy atom. The summed E-state index contributed by atoms with van der Waals surface area (Å²) < 4.78 is 53.9. The van der Waals surface area contributed by atoms with Crippen LogP contribution in [0.15, 0.2) is 36.5 Å². The van der Waals surface area contributed by atoms with E-state index in [-0.39, 0.29) is 11.9 Å². The number of halogens is 4. The molecule has 25 heavy (non-hydrogen) atoms. The fourth-order valence-corrected chi connectivity index (χ4v) is 3.24. The van der Waals surface area contributed by atoms with E-state index < -0.39 is 17.6 Å². The molecule has 3 heterocycles. The highest BCUT2D eigenvalue weighted by Crippen LogP contribution is 2.34. The molecule has 1 aliphatic heterocycles. The van der Waals surface area contributed by atoms with Crippen molar-refractivity contribution in [2.45, 2.75) is 19.1 Å². The molecule has 8 heteroatoms. The van der Waals surface area contributed by atoms with Crippen LogP contribution >= 0.6 is 0 Å². The molecule has 0 bridgehead atoms. The Bertz CT molecular complexity index is 941. The van der Waals surface area contributed by atoms with Gasteiger partial charge in [-0.3, -0.25) is 0 Å². The number of aryl methyl sites for hydroxylation is 1. The number of anilines is 1. The summed E-state index contributed by atoms with van der Waals surface area (Å²) in [6.45, 7) is 2.84. The van der Waals surface area contributed by atoms with Crippen molar-refractivity contribution in [1.82, 2.24) is 14.5 Å². The topological polar surface area (TPSA) is 34.0 Å². The molecule has 4 rings (SSSR count).